The van der Waals surface area contributed by atoms with Gasteiger partial charge in [-0.25, -0.2) is 4.79 Å². The second-order valence-electron chi connectivity index (χ2n) is 8.61. The first-order chi connectivity index (χ1) is 15.0. The lowest BCUT2D eigenvalue weighted by atomic mass is 10.2. The standard InChI is InChI=1S/C25H37N5O/c1-5-29(19-21-9-7-6-8-10-21)18-17-28(4)25(31)26-22-11-13-23(14-12-22)30-16-15-24(20-30)27(2)3/h6-14,24H,5,15-20H2,1-4H3,(H,26,31). The van der Waals surface area contributed by atoms with Gasteiger partial charge < -0.3 is 20.0 Å². The molecule has 1 aliphatic heterocycles. The number of carbonyl (C=O) groups is 1. The zero-order chi connectivity index (χ0) is 22.2. The second kappa shape index (κ2) is 11.2. The zero-order valence-electron chi connectivity index (χ0n) is 19.4. The van der Waals surface area contributed by atoms with Gasteiger partial charge in [-0.2, -0.15) is 0 Å². The molecule has 0 radical (unpaired) electrons. The Morgan fingerprint density at radius 3 is 2.35 bits per heavy atom. The highest BCUT2D eigenvalue weighted by Gasteiger charge is 2.24. The molecule has 2 aromatic rings. The van der Waals surface area contributed by atoms with E-state index in [1.807, 2.05) is 25.2 Å². The Bertz CT molecular complexity index is 808. The summed E-state index contributed by atoms with van der Waals surface area (Å²) in [6.07, 6.45) is 1.19. The average molecular weight is 424 g/mol. The molecule has 0 bridgehead atoms. The van der Waals surface area contributed by atoms with Gasteiger partial charge in [-0.15, -0.1) is 0 Å². The van der Waals surface area contributed by atoms with Crippen LogP contribution in [0.5, 0.6) is 0 Å². The lowest BCUT2D eigenvalue weighted by molar-refractivity contribution is 0.206. The summed E-state index contributed by atoms with van der Waals surface area (Å²) in [6, 6.07) is 19.2. The van der Waals surface area contributed by atoms with Gasteiger partial charge in [0.05, 0.1) is 0 Å². The molecule has 6 heteroatoms. The van der Waals surface area contributed by atoms with Gasteiger partial charge in [0, 0.05) is 57.2 Å². The van der Waals surface area contributed by atoms with Crippen molar-refractivity contribution in [1.29, 1.82) is 0 Å². The fourth-order valence-electron chi connectivity index (χ4n) is 3.96. The molecular weight excluding hydrogens is 386 g/mol. The van der Waals surface area contributed by atoms with Crippen molar-refractivity contribution in [2.75, 3.05) is 64.1 Å². The molecule has 0 saturated carbocycles. The van der Waals surface area contributed by atoms with Crippen molar-refractivity contribution in [3.63, 3.8) is 0 Å². The number of urea groups is 1. The highest BCUT2D eigenvalue weighted by Crippen LogP contribution is 2.23. The SMILES string of the molecule is CCN(CCN(C)C(=O)Nc1ccc(N2CCC(N(C)C)C2)cc1)Cc1ccccc1. The molecule has 0 aliphatic carbocycles. The maximum Gasteiger partial charge on any atom is 0.321 e. The maximum absolute atomic E-state index is 12.6. The number of hydrogen-bond donors (Lipinski definition) is 1. The number of hydrogen-bond acceptors (Lipinski definition) is 4. The predicted octanol–water partition coefficient (Wildman–Crippen LogP) is 3.81. The Labute approximate surface area is 187 Å². The Morgan fingerprint density at radius 2 is 1.74 bits per heavy atom. The van der Waals surface area contributed by atoms with E-state index >= 15 is 0 Å². The van der Waals surface area contributed by atoms with Crippen LogP contribution in [0.3, 0.4) is 0 Å². The number of nitrogens with zero attached hydrogens (tertiary/aromatic N) is 4. The van der Waals surface area contributed by atoms with Gasteiger partial charge >= 0.3 is 6.03 Å². The summed E-state index contributed by atoms with van der Waals surface area (Å²) in [6.45, 7) is 7.68. The lowest BCUT2D eigenvalue weighted by Gasteiger charge is -2.25. The van der Waals surface area contributed by atoms with E-state index in [0.29, 0.717) is 12.6 Å². The molecule has 1 saturated heterocycles. The van der Waals surface area contributed by atoms with Gasteiger partial charge in [0.15, 0.2) is 0 Å². The number of carbonyl (C=O) groups excluding carboxylic acids is 1. The zero-order valence-corrected chi connectivity index (χ0v) is 19.4. The number of benzene rings is 2. The normalized spacial score (nSPS) is 16.2. The summed E-state index contributed by atoms with van der Waals surface area (Å²) in [5.74, 6) is 0. The monoisotopic (exact) mass is 423 g/mol. The largest absolute Gasteiger partial charge is 0.370 e. The molecule has 1 fully saturated rings. The van der Waals surface area contributed by atoms with E-state index in [1.165, 1.54) is 17.7 Å². The summed E-state index contributed by atoms with van der Waals surface area (Å²) >= 11 is 0. The minimum absolute atomic E-state index is 0.0719. The molecular formula is C25H37N5O. The van der Waals surface area contributed by atoms with Gasteiger partial charge in [0.2, 0.25) is 0 Å². The molecule has 1 unspecified atom stereocenters. The van der Waals surface area contributed by atoms with Crippen LogP contribution < -0.4 is 10.2 Å². The summed E-state index contributed by atoms with van der Waals surface area (Å²) < 4.78 is 0. The first kappa shape index (κ1) is 23.1. The van der Waals surface area contributed by atoms with Crippen molar-refractivity contribution in [2.45, 2.75) is 25.9 Å². The van der Waals surface area contributed by atoms with Crippen LogP contribution in [0.1, 0.15) is 18.9 Å². The van der Waals surface area contributed by atoms with Crippen LogP contribution in [0.15, 0.2) is 54.6 Å². The van der Waals surface area contributed by atoms with Crippen LogP contribution >= 0.6 is 0 Å². The number of likely N-dealkylation sites (N-methyl/N-ethyl adjacent to an activating group) is 3. The van der Waals surface area contributed by atoms with Crippen LogP contribution in [0.25, 0.3) is 0 Å². The molecule has 3 rings (SSSR count). The Kier molecular flexibility index (Phi) is 8.32. The lowest BCUT2D eigenvalue weighted by Crippen LogP contribution is -2.38. The smallest absolute Gasteiger partial charge is 0.321 e. The number of nitrogens with one attached hydrogen (secondary N) is 1. The van der Waals surface area contributed by atoms with Crippen molar-refractivity contribution in [3.8, 4) is 0 Å². The summed E-state index contributed by atoms with van der Waals surface area (Å²) in [5.41, 5.74) is 3.35. The quantitative estimate of drug-likeness (QED) is 0.666. The van der Waals surface area contributed by atoms with Gasteiger partial charge in [-0.3, -0.25) is 4.90 Å². The van der Waals surface area contributed by atoms with Crippen molar-refractivity contribution in [3.05, 3.63) is 60.2 Å². The Hall–Kier alpha value is -2.57. The molecule has 6 nitrogen and oxygen atoms in total. The van der Waals surface area contributed by atoms with Crippen LogP contribution in [0.2, 0.25) is 0 Å². The molecule has 1 heterocycles. The van der Waals surface area contributed by atoms with Crippen molar-refractivity contribution in [2.24, 2.45) is 0 Å². The summed E-state index contributed by atoms with van der Waals surface area (Å²) in [5, 5.41) is 3.02. The fourth-order valence-corrected chi connectivity index (χ4v) is 3.96. The third kappa shape index (κ3) is 6.71. The van der Waals surface area contributed by atoms with Gasteiger partial charge in [0.1, 0.15) is 0 Å². The summed E-state index contributed by atoms with van der Waals surface area (Å²) in [4.78, 5) is 21.4. The molecule has 0 aromatic heterocycles. The molecule has 168 valence electrons. The predicted molar refractivity (Wildman–Crippen MR) is 130 cm³/mol. The molecule has 31 heavy (non-hydrogen) atoms. The van der Waals surface area contributed by atoms with Crippen LogP contribution in [0, 0.1) is 0 Å². The van der Waals surface area contributed by atoms with E-state index in [4.69, 9.17) is 0 Å². The maximum atomic E-state index is 12.6. The number of anilines is 2. The molecule has 2 aromatic carbocycles. The van der Waals surface area contributed by atoms with E-state index in [-0.39, 0.29) is 6.03 Å². The van der Waals surface area contributed by atoms with E-state index < -0.39 is 0 Å². The highest BCUT2D eigenvalue weighted by atomic mass is 16.2. The van der Waals surface area contributed by atoms with E-state index in [9.17, 15) is 4.79 Å². The molecule has 0 spiro atoms. The molecule has 1 N–H and O–H groups in total. The third-order valence-corrected chi connectivity index (χ3v) is 6.17. The second-order valence-corrected chi connectivity index (χ2v) is 8.61. The highest BCUT2D eigenvalue weighted by molar-refractivity contribution is 5.89. The van der Waals surface area contributed by atoms with Gasteiger partial charge in [-0.05, 0) is 56.9 Å². The topological polar surface area (TPSA) is 42.1 Å². The third-order valence-electron chi connectivity index (χ3n) is 6.17. The number of rotatable bonds is 9. The van der Waals surface area contributed by atoms with E-state index in [2.05, 4.69) is 77.4 Å². The van der Waals surface area contributed by atoms with E-state index in [1.54, 1.807) is 4.90 Å². The summed E-state index contributed by atoms with van der Waals surface area (Å²) in [7, 11) is 6.14. The molecule has 1 aliphatic rings. The van der Waals surface area contributed by atoms with Crippen LogP contribution in [-0.2, 0) is 6.54 Å². The number of amides is 2. The average Bonchev–Trinajstić information content (AvgIpc) is 3.28. The van der Waals surface area contributed by atoms with Crippen LogP contribution in [-0.4, -0.2) is 80.6 Å². The molecule has 2 amide bonds. The first-order valence-corrected chi connectivity index (χ1v) is 11.3. The van der Waals surface area contributed by atoms with Crippen LogP contribution in [0.4, 0.5) is 16.2 Å². The van der Waals surface area contributed by atoms with Gasteiger partial charge in [0.25, 0.3) is 0 Å². The minimum atomic E-state index is -0.0719. The fraction of sp³-hybridized carbons (Fsp3) is 0.480. The van der Waals surface area contributed by atoms with Crippen molar-refractivity contribution < 1.29 is 4.79 Å². The van der Waals surface area contributed by atoms with Crippen molar-refractivity contribution in [1.82, 2.24) is 14.7 Å². The Balaban J connectivity index is 1.45. The minimum Gasteiger partial charge on any atom is -0.370 e. The van der Waals surface area contributed by atoms with E-state index in [0.717, 1.165) is 38.4 Å². The molecule has 1 atom stereocenters. The van der Waals surface area contributed by atoms with Gasteiger partial charge in [-0.1, -0.05) is 37.3 Å². The van der Waals surface area contributed by atoms with Crippen molar-refractivity contribution >= 4 is 17.4 Å². The Morgan fingerprint density at radius 1 is 1.03 bits per heavy atom. The first-order valence-electron chi connectivity index (χ1n) is 11.3.